The zero-order chi connectivity index (χ0) is 13.7. The van der Waals surface area contributed by atoms with Crippen LogP contribution < -0.4 is 5.32 Å². The molecule has 1 aromatic heterocycles. The molecule has 1 amide bonds. The number of hydrogen-bond donors (Lipinski definition) is 3. The van der Waals surface area contributed by atoms with Gasteiger partial charge in [0.1, 0.15) is 16.9 Å². The molecule has 96 valence electrons. The Morgan fingerprint density at radius 1 is 1.33 bits per heavy atom. The highest BCUT2D eigenvalue weighted by atomic mass is 35.5. The molecule has 0 bridgehead atoms. The minimum absolute atomic E-state index is 0.0345. The molecule has 3 N–H and O–H groups in total. The first-order chi connectivity index (χ1) is 8.40. The summed E-state index contributed by atoms with van der Waals surface area (Å²) < 4.78 is 0. The number of carboxylic acid groups (broad SMARTS) is 2. The molecule has 18 heavy (non-hydrogen) atoms. The normalized spacial score (nSPS) is 11.6. The van der Waals surface area contributed by atoms with Crippen molar-refractivity contribution in [2.45, 2.75) is 12.5 Å². The standard InChI is InChI=1S/C9H8ClN3O5/c10-6-3-11-2-5(12-6)8(16)13-4(9(17)18)1-7(14)15/h2-4H,1H2,(H,13,16)(H,14,15)(H,17,18). The van der Waals surface area contributed by atoms with Crippen molar-refractivity contribution in [1.29, 1.82) is 0 Å². The Labute approximate surface area is 106 Å². The van der Waals surface area contributed by atoms with E-state index in [4.69, 9.17) is 21.8 Å². The third-order valence-electron chi connectivity index (χ3n) is 1.82. The molecule has 1 heterocycles. The highest BCUT2D eigenvalue weighted by Gasteiger charge is 2.24. The Balaban J connectivity index is 2.78. The van der Waals surface area contributed by atoms with E-state index in [1.54, 1.807) is 0 Å². The second-order valence-electron chi connectivity index (χ2n) is 3.19. The summed E-state index contributed by atoms with van der Waals surface area (Å²) in [6.07, 6.45) is 1.54. The van der Waals surface area contributed by atoms with Gasteiger partial charge in [-0.1, -0.05) is 11.6 Å². The molecule has 8 nitrogen and oxygen atoms in total. The van der Waals surface area contributed by atoms with Crippen LogP contribution in [0.1, 0.15) is 16.9 Å². The monoisotopic (exact) mass is 273 g/mol. The number of carboxylic acids is 2. The minimum atomic E-state index is -1.55. The fraction of sp³-hybridized carbons (Fsp3) is 0.222. The highest BCUT2D eigenvalue weighted by molar-refractivity contribution is 6.29. The fourth-order valence-corrected chi connectivity index (χ4v) is 1.21. The van der Waals surface area contributed by atoms with Gasteiger partial charge in [0, 0.05) is 0 Å². The smallest absolute Gasteiger partial charge is 0.326 e. The molecule has 1 aromatic rings. The number of nitrogens with zero attached hydrogens (tertiary/aromatic N) is 2. The highest BCUT2D eigenvalue weighted by Crippen LogP contribution is 2.03. The van der Waals surface area contributed by atoms with Gasteiger partial charge in [-0.05, 0) is 0 Å². The molecule has 0 aromatic carbocycles. The van der Waals surface area contributed by atoms with Crippen molar-refractivity contribution in [3.63, 3.8) is 0 Å². The van der Waals surface area contributed by atoms with E-state index in [1.165, 1.54) is 6.20 Å². The lowest BCUT2D eigenvalue weighted by Gasteiger charge is -2.11. The van der Waals surface area contributed by atoms with Gasteiger partial charge in [0.25, 0.3) is 5.91 Å². The molecule has 0 fully saturated rings. The van der Waals surface area contributed by atoms with Crippen LogP contribution in [-0.4, -0.2) is 44.1 Å². The summed E-state index contributed by atoms with van der Waals surface area (Å²) in [6.45, 7) is 0. The van der Waals surface area contributed by atoms with Crippen LogP contribution in [0.5, 0.6) is 0 Å². The topological polar surface area (TPSA) is 129 Å². The van der Waals surface area contributed by atoms with Crippen LogP contribution in [0.3, 0.4) is 0 Å². The van der Waals surface area contributed by atoms with Gasteiger partial charge in [-0.2, -0.15) is 0 Å². The predicted octanol–water partition coefficient (Wildman–Crippen LogP) is -0.212. The molecule has 1 atom stereocenters. The van der Waals surface area contributed by atoms with Crippen LogP contribution in [0, 0.1) is 0 Å². The molecule has 0 spiro atoms. The maximum atomic E-state index is 11.6. The lowest BCUT2D eigenvalue weighted by Crippen LogP contribution is -2.42. The van der Waals surface area contributed by atoms with E-state index in [2.05, 4.69) is 9.97 Å². The van der Waals surface area contributed by atoms with E-state index in [-0.39, 0.29) is 10.8 Å². The summed E-state index contributed by atoms with van der Waals surface area (Å²) in [6, 6.07) is -1.55. The van der Waals surface area contributed by atoms with Gasteiger partial charge in [0.15, 0.2) is 0 Å². The zero-order valence-corrected chi connectivity index (χ0v) is 9.59. The van der Waals surface area contributed by atoms with E-state index < -0.39 is 30.3 Å². The van der Waals surface area contributed by atoms with Crippen molar-refractivity contribution >= 4 is 29.4 Å². The third-order valence-corrected chi connectivity index (χ3v) is 2.00. The number of amides is 1. The molecular weight excluding hydrogens is 266 g/mol. The second kappa shape index (κ2) is 5.92. The molecule has 1 rings (SSSR count). The summed E-state index contributed by atoms with van der Waals surface area (Å²) in [5, 5.41) is 19.2. The van der Waals surface area contributed by atoms with Gasteiger partial charge in [0.05, 0.1) is 18.8 Å². The maximum Gasteiger partial charge on any atom is 0.326 e. The zero-order valence-electron chi connectivity index (χ0n) is 8.83. The summed E-state index contributed by atoms with van der Waals surface area (Å²) in [4.78, 5) is 39.9. The van der Waals surface area contributed by atoms with Crippen molar-refractivity contribution < 1.29 is 24.6 Å². The SMILES string of the molecule is O=C(O)CC(NC(=O)c1cncc(Cl)n1)C(=O)O. The van der Waals surface area contributed by atoms with Crippen LogP contribution in [-0.2, 0) is 9.59 Å². The Kier molecular flexibility index (Phi) is 4.55. The molecule has 1 unspecified atom stereocenters. The van der Waals surface area contributed by atoms with Crippen LogP contribution >= 0.6 is 11.6 Å². The van der Waals surface area contributed by atoms with Gasteiger partial charge in [0.2, 0.25) is 0 Å². The molecule has 0 aliphatic rings. The lowest BCUT2D eigenvalue weighted by molar-refractivity contribution is -0.145. The Morgan fingerprint density at radius 2 is 2.00 bits per heavy atom. The lowest BCUT2D eigenvalue weighted by atomic mass is 10.2. The second-order valence-corrected chi connectivity index (χ2v) is 3.58. The minimum Gasteiger partial charge on any atom is -0.481 e. The van der Waals surface area contributed by atoms with Crippen LogP contribution in [0.2, 0.25) is 5.15 Å². The number of hydrogen-bond acceptors (Lipinski definition) is 5. The Hall–Kier alpha value is -2.22. The largest absolute Gasteiger partial charge is 0.481 e. The molecular formula is C9H8ClN3O5. The number of carbonyl (C=O) groups is 3. The first-order valence-corrected chi connectivity index (χ1v) is 5.01. The van der Waals surface area contributed by atoms with Crippen molar-refractivity contribution in [3.05, 3.63) is 23.2 Å². The van der Waals surface area contributed by atoms with Crippen molar-refractivity contribution in [3.8, 4) is 0 Å². The number of rotatable bonds is 5. The van der Waals surface area contributed by atoms with Crippen molar-refractivity contribution in [2.75, 3.05) is 0 Å². The number of halogens is 1. The Bertz CT molecular complexity index is 493. The number of nitrogens with one attached hydrogen (secondary N) is 1. The van der Waals surface area contributed by atoms with Gasteiger partial charge in [-0.15, -0.1) is 0 Å². The van der Waals surface area contributed by atoms with Gasteiger partial charge in [-0.25, -0.2) is 9.78 Å². The fourth-order valence-electron chi connectivity index (χ4n) is 1.06. The number of carbonyl (C=O) groups excluding carboxylic acids is 1. The quantitative estimate of drug-likeness (QED) is 0.676. The van der Waals surface area contributed by atoms with Gasteiger partial charge < -0.3 is 15.5 Å². The summed E-state index contributed by atoms with van der Waals surface area (Å²) in [5.41, 5.74) is -0.195. The molecule has 9 heteroatoms. The van der Waals surface area contributed by atoms with E-state index >= 15 is 0 Å². The Morgan fingerprint density at radius 3 is 2.50 bits per heavy atom. The van der Waals surface area contributed by atoms with Gasteiger partial charge in [-0.3, -0.25) is 14.6 Å². The van der Waals surface area contributed by atoms with Crippen LogP contribution in [0.25, 0.3) is 0 Å². The number of aliphatic carboxylic acids is 2. The van der Waals surface area contributed by atoms with Gasteiger partial charge >= 0.3 is 11.9 Å². The summed E-state index contributed by atoms with van der Waals surface area (Å²) in [5.74, 6) is -3.67. The van der Waals surface area contributed by atoms with Crippen molar-refractivity contribution in [1.82, 2.24) is 15.3 Å². The van der Waals surface area contributed by atoms with Crippen molar-refractivity contribution in [2.24, 2.45) is 0 Å². The van der Waals surface area contributed by atoms with E-state index in [1.807, 2.05) is 5.32 Å². The number of aromatic nitrogens is 2. The molecule has 0 saturated heterocycles. The first kappa shape index (κ1) is 13.8. The maximum absolute atomic E-state index is 11.6. The third kappa shape index (κ3) is 3.98. The molecule has 0 saturated carbocycles. The first-order valence-electron chi connectivity index (χ1n) is 4.63. The predicted molar refractivity (Wildman–Crippen MR) is 58.2 cm³/mol. The average molecular weight is 274 g/mol. The van der Waals surface area contributed by atoms with E-state index in [0.717, 1.165) is 6.20 Å². The van der Waals surface area contributed by atoms with Crippen LogP contribution in [0.15, 0.2) is 12.4 Å². The summed E-state index contributed by atoms with van der Waals surface area (Å²) in [7, 11) is 0. The van der Waals surface area contributed by atoms with E-state index in [9.17, 15) is 14.4 Å². The average Bonchev–Trinajstić information content (AvgIpc) is 2.27. The van der Waals surface area contributed by atoms with Crippen LogP contribution in [0.4, 0.5) is 0 Å². The molecule has 0 aliphatic heterocycles. The van der Waals surface area contributed by atoms with E-state index in [0.29, 0.717) is 0 Å². The molecule has 0 radical (unpaired) electrons. The summed E-state index contributed by atoms with van der Waals surface area (Å²) >= 11 is 5.51. The molecule has 0 aliphatic carbocycles.